The molecule has 0 amide bonds. The summed E-state index contributed by atoms with van der Waals surface area (Å²) in [5, 5.41) is 0. The second-order valence-electron chi connectivity index (χ2n) is 6.55. The summed E-state index contributed by atoms with van der Waals surface area (Å²) in [4.78, 5) is 17.7. The van der Waals surface area contributed by atoms with Crippen LogP contribution in [-0.2, 0) is 12.8 Å². The number of fused-ring (bicyclic) bond motifs is 2. The fourth-order valence-electron chi connectivity index (χ4n) is 3.51. The molecule has 0 radical (unpaired) electrons. The molecule has 3 rings (SSSR count). The molecule has 2 heteroatoms. The summed E-state index contributed by atoms with van der Waals surface area (Å²) in [6, 6.07) is 11.8. The molecule has 1 aromatic heterocycles. The highest BCUT2D eigenvalue weighted by molar-refractivity contribution is 6.10. The van der Waals surface area contributed by atoms with Gasteiger partial charge in [-0.3, -0.25) is 9.78 Å². The number of hydrogen-bond acceptors (Lipinski definition) is 2. The fourth-order valence-corrected chi connectivity index (χ4v) is 3.51. The van der Waals surface area contributed by atoms with Crippen LogP contribution in [0.1, 0.15) is 71.4 Å². The van der Waals surface area contributed by atoms with Crippen molar-refractivity contribution in [3.05, 3.63) is 64.5 Å². The van der Waals surface area contributed by atoms with Gasteiger partial charge in [-0.15, -0.1) is 0 Å². The predicted octanol–water partition coefficient (Wildman–Crippen LogP) is 5.06. The summed E-state index contributed by atoms with van der Waals surface area (Å²) in [7, 11) is 0. The number of aromatic nitrogens is 1. The lowest BCUT2D eigenvalue weighted by Gasteiger charge is -2.13. The number of nitrogens with zero attached hydrogens (tertiary/aromatic N) is 1. The van der Waals surface area contributed by atoms with Crippen molar-refractivity contribution < 1.29 is 4.79 Å². The first-order valence-electron chi connectivity index (χ1n) is 8.85. The molecule has 1 heterocycles. The summed E-state index contributed by atoms with van der Waals surface area (Å²) < 4.78 is 0. The van der Waals surface area contributed by atoms with Crippen molar-refractivity contribution in [2.24, 2.45) is 0 Å². The third kappa shape index (κ3) is 3.87. The Morgan fingerprint density at radius 1 is 0.913 bits per heavy atom. The minimum atomic E-state index is 0.118. The number of benzene rings is 1. The number of hydrogen-bond donors (Lipinski definition) is 0. The van der Waals surface area contributed by atoms with Gasteiger partial charge in [0.25, 0.3) is 0 Å². The van der Waals surface area contributed by atoms with E-state index in [9.17, 15) is 4.79 Å². The van der Waals surface area contributed by atoms with E-state index in [1.54, 1.807) is 0 Å². The normalized spacial score (nSPS) is 15.7. The van der Waals surface area contributed by atoms with Crippen molar-refractivity contribution in [2.45, 2.75) is 58.3 Å². The molecule has 23 heavy (non-hydrogen) atoms. The average molecular weight is 307 g/mol. The number of carbonyl (C=O) groups excluding carboxylic acids is 1. The maximum atomic E-state index is 13.0. The SMILES string of the molecule is Cc1nc2cc(c1C(=O)c1ccccc1)CCCCCCCC2. The zero-order valence-electron chi connectivity index (χ0n) is 14.0. The molecule has 1 aromatic carbocycles. The second kappa shape index (κ2) is 7.54. The molecule has 1 aliphatic carbocycles. The van der Waals surface area contributed by atoms with Crippen molar-refractivity contribution in [3.8, 4) is 0 Å². The molecule has 0 unspecified atom stereocenters. The summed E-state index contributed by atoms with van der Waals surface area (Å²) in [6.45, 7) is 1.99. The van der Waals surface area contributed by atoms with Gasteiger partial charge in [0.05, 0.1) is 0 Å². The van der Waals surface area contributed by atoms with Crippen molar-refractivity contribution in [3.63, 3.8) is 0 Å². The molecule has 2 nitrogen and oxygen atoms in total. The minimum absolute atomic E-state index is 0.118. The first-order chi connectivity index (χ1) is 11.3. The highest BCUT2D eigenvalue weighted by Gasteiger charge is 2.18. The van der Waals surface area contributed by atoms with Gasteiger partial charge in [-0.05, 0) is 44.2 Å². The molecule has 1 aliphatic rings. The van der Waals surface area contributed by atoms with Gasteiger partial charge in [0, 0.05) is 22.5 Å². The molecule has 2 aromatic rings. The number of carbonyl (C=O) groups is 1. The number of rotatable bonds is 2. The van der Waals surface area contributed by atoms with Gasteiger partial charge in [0.2, 0.25) is 0 Å². The zero-order valence-corrected chi connectivity index (χ0v) is 14.0. The lowest BCUT2D eigenvalue weighted by Crippen LogP contribution is -2.11. The molecular formula is C21H25NO. The molecule has 0 atom stereocenters. The van der Waals surface area contributed by atoms with Crippen LogP contribution in [-0.4, -0.2) is 10.8 Å². The summed E-state index contributed by atoms with van der Waals surface area (Å²) in [5.74, 6) is 0.118. The van der Waals surface area contributed by atoms with Crippen molar-refractivity contribution in [1.82, 2.24) is 4.98 Å². The standard InChI is InChI=1S/C21H25NO/c1-16-20(21(23)17-11-8-6-9-12-17)18-13-7-4-2-3-5-10-14-19(15-18)22-16/h6,8-9,11-12,15H,2-5,7,10,13-14H2,1H3. The smallest absolute Gasteiger partial charge is 0.195 e. The largest absolute Gasteiger partial charge is 0.289 e. The average Bonchev–Trinajstić information content (AvgIpc) is 2.60. The maximum Gasteiger partial charge on any atom is 0.195 e. The molecular weight excluding hydrogens is 282 g/mol. The summed E-state index contributed by atoms with van der Waals surface area (Å²) >= 11 is 0. The minimum Gasteiger partial charge on any atom is -0.289 e. The van der Waals surface area contributed by atoms with Crippen LogP contribution < -0.4 is 0 Å². The van der Waals surface area contributed by atoms with Crippen LogP contribution in [0.5, 0.6) is 0 Å². The third-order valence-electron chi connectivity index (χ3n) is 4.73. The van der Waals surface area contributed by atoms with E-state index in [2.05, 4.69) is 6.07 Å². The first kappa shape index (κ1) is 15.9. The molecule has 2 bridgehead atoms. The van der Waals surface area contributed by atoms with Crippen LogP contribution in [0.15, 0.2) is 36.4 Å². The van der Waals surface area contributed by atoms with Gasteiger partial charge in [0.1, 0.15) is 0 Å². The van der Waals surface area contributed by atoms with Gasteiger partial charge in [0.15, 0.2) is 5.78 Å². The van der Waals surface area contributed by atoms with E-state index in [0.717, 1.165) is 41.8 Å². The Balaban J connectivity index is 1.99. The van der Waals surface area contributed by atoms with Crippen LogP contribution in [0.2, 0.25) is 0 Å². The Kier molecular flexibility index (Phi) is 5.22. The summed E-state index contributed by atoms with van der Waals surface area (Å²) in [6.07, 6.45) is 9.58. The number of ketones is 1. The Bertz CT molecular complexity index is 676. The van der Waals surface area contributed by atoms with Crippen molar-refractivity contribution >= 4 is 5.78 Å². The maximum absolute atomic E-state index is 13.0. The van der Waals surface area contributed by atoms with E-state index in [0.29, 0.717) is 0 Å². The summed E-state index contributed by atoms with van der Waals surface area (Å²) in [5.41, 5.74) is 4.84. The molecule has 0 spiro atoms. The van der Waals surface area contributed by atoms with Crippen LogP contribution in [0.3, 0.4) is 0 Å². The van der Waals surface area contributed by atoms with E-state index in [-0.39, 0.29) is 5.78 Å². The van der Waals surface area contributed by atoms with Crippen molar-refractivity contribution in [1.29, 1.82) is 0 Å². The van der Waals surface area contributed by atoms with Gasteiger partial charge in [-0.25, -0.2) is 0 Å². The zero-order chi connectivity index (χ0) is 16.1. The molecule has 0 aliphatic heterocycles. The lowest BCUT2D eigenvalue weighted by atomic mass is 9.93. The van der Waals surface area contributed by atoms with Gasteiger partial charge in [-0.1, -0.05) is 56.0 Å². The second-order valence-corrected chi connectivity index (χ2v) is 6.55. The topological polar surface area (TPSA) is 30.0 Å². The van der Waals surface area contributed by atoms with Gasteiger partial charge >= 0.3 is 0 Å². The first-order valence-corrected chi connectivity index (χ1v) is 8.85. The predicted molar refractivity (Wildman–Crippen MR) is 94.0 cm³/mol. The molecule has 0 saturated carbocycles. The van der Waals surface area contributed by atoms with Crippen molar-refractivity contribution in [2.75, 3.05) is 0 Å². The quantitative estimate of drug-likeness (QED) is 0.726. The molecule has 0 N–H and O–H groups in total. The van der Waals surface area contributed by atoms with E-state index < -0.39 is 0 Å². The molecule has 120 valence electrons. The van der Waals surface area contributed by atoms with Crippen LogP contribution in [0.4, 0.5) is 0 Å². The van der Waals surface area contributed by atoms with Gasteiger partial charge in [-0.2, -0.15) is 0 Å². The number of aryl methyl sites for hydroxylation is 3. The fraction of sp³-hybridized carbons (Fsp3) is 0.429. The molecule has 0 fully saturated rings. The van der Waals surface area contributed by atoms with E-state index >= 15 is 0 Å². The van der Waals surface area contributed by atoms with E-state index in [4.69, 9.17) is 4.98 Å². The Labute approximate surface area is 139 Å². The third-order valence-corrected chi connectivity index (χ3v) is 4.73. The van der Waals surface area contributed by atoms with E-state index in [1.807, 2.05) is 37.3 Å². The van der Waals surface area contributed by atoms with Crippen LogP contribution >= 0.6 is 0 Å². The van der Waals surface area contributed by atoms with E-state index in [1.165, 1.54) is 37.7 Å². The number of pyridine rings is 1. The highest BCUT2D eigenvalue weighted by Crippen LogP contribution is 2.23. The Morgan fingerprint density at radius 2 is 1.57 bits per heavy atom. The highest BCUT2D eigenvalue weighted by atomic mass is 16.1. The van der Waals surface area contributed by atoms with Crippen LogP contribution in [0, 0.1) is 6.92 Å². The molecule has 0 saturated heterocycles. The Hall–Kier alpha value is -1.96. The Morgan fingerprint density at radius 3 is 2.30 bits per heavy atom. The van der Waals surface area contributed by atoms with Gasteiger partial charge < -0.3 is 0 Å². The monoisotopic (exact) mass is 307 g/mol. The lowest BCUT2D eigenvalue weighted by molar-refractivity contribution is 0.103. The van der Waals surface area contributed by atoms with Crippen LogP contribution in [0.25, 0.3) is 0 Å².